The van der Waals surface area contributed by atoms with Crippen molar-refractivity contribution < 1.29 is 0 Å². The standard InChI is InChI=1S/C12H29BrN2Si/c1-5-9-14(10-6-2)16(13)15(11-7-3)12-8-4/h16H,5-12H2,1-4H3. The van der Waals surface area contributed by atoms with Gasteiger partial charge in [0, 0.05) is 0 Å². The fourth-order valence-corrected chi connectivity index (χ4v) is 6.83. The Hall–Kier alpha value is 0.617. The molecule has 0 aromatic rings. The number of hydrogen-bond donors (Lipinski definition) is 0. The molecule has 0 aromatic carbocycles. The Morgan fingerprint density at radius 2 is 0.938 bits per heavy atom. The van der Waals surface area contributed by atoms with E-state index in [0.29, 0.717) is 0 Å². The molecule has 0 aromatic heterocycles. The molecule has 0 unspecified atom stereocenters. The van der Waals surface area contributed by atoms with Gasteiger partial charge in [-0.1, -0.05) is 43.0 Å². The Morgan fingerprint density at radius 3 is 1.12 bits per heavy atom. The SMILES string of the molecule is CCCN(CCC)[SiH](Br)N(CCC)CCC. The van der Waals surface area contributed by atoms with Crippen LogP contribution in [0.4, 0.5) is 0 Å². The van der Waals surface area contributed by atoms with Gasteiger partial charge in [0.15, 0.2) is 0 Å². The van der Waals surface area contributed by atoms with Crippen LogP contribution in [0.1, 0.15) is 53.4 Å². The Kier molecular flexibility index (Phi) is 11.2. The van der Waals surface area contributed by atoms with Gasteiger partial charge >= 0.3 is 0 Å². The second-order valence-corrected chi connectivity index (χ2v) is 8.92. The molecule has 0 amide bonds. The van der Waals surface area contributed by atoms with E-state index in [0.717, 1.165) is 0 Å². The molecule has 0 saturated carbocycles. The smallest absolute Gasteiger partial charge is 0.264 e. The minimum absolute atomic E-state index is 1.02. The summed E-state index contributed by atoms with van der Waals surface area (Å²) in [5.41, 5.74) is 0. The minimum atomic E-state index is -1.02. The van der Waals surface area contributed by atoms with Gasteiger partial charge in [0.1, 0.15) is 0 Å². The highest BCUT2D eigenvalue weighted by molar-refractivity contribution is 9.24. The van der Waals surface area contributed by atoms with Crippen molar-refractivity contribution in [2.75, 3.05) is 26.2 Å². The highest BCUT2D eigenvalue weighted by atomic mass is 79.9. The van der Waals surface area contributed by atoms with E-state index in [-0.39, 0.29) is 0 Å². The first-order valence-corrected chi connectivity index (χ1v) is 11.0. The molecule has 0 fully saturated rings. The minimum Gasteiger partial charge on any atom is -0.306 e. The topological polar surface area (TPSA) is 6.48 Å². The van der Waals surface area contributed by atoms with Crippen molar-refractivity contribution in [3.63, 3.8) is 0 Å². The largest absolute Gasteiger partial charge is 0.306 e. The quantitative estimate of drug-likeness (QED) is 0.451. The molecule has 0 saturated heterocycles. The fraction of sp³-hybridized carbons (Fsp3) is 1.00. The summed E-state index contributed by atoms with van der Waals surface area (Å²) in [6.45, 7) is 14.1. The normalized spacial score (nSPS) is 12.0. The van der Waals surface area contributed by atoms with Crippen LogP contribution in [-0.2, 0) is 0 Å². The van der Waals surface area contributed by atoms with Crippen LogP contribution in [0.15, 0.2) is 0 Å². The molecule has 98 valence electrons. The molecule has 0 spiro atoms. The third-order valence-electron chi connectivity index (χ3n) is 2.65. The van der Waals surface area contributed by atoms with Gasteiger partial charge in [-0.3, -0.25) is 0 Å². The summed E-state index contributed by atoms with van der Waals surface area (Å²) in [5, 5.41) is 0. The lowest BCUT2D eigenvalue weighted by molar-refractivity contribution is 0.354. The van der Waals surface area contributed by atoms with E-state index in [9.17, 15) is 0 Å². The van der Waals surface area contributed by atoms with Crippen molar-refractivity contribution in [1.29, 1.82) is 0 Å². The molecular weight excluding hydrogens is 280 g/mol. The number of nitrogens with zero attached hydrogens (tertiary/aromatic N) is 2. The van der Waals surface area contributed by atoms with Crippen molar-refractivity contribution in [3.8, 4) is 0 Å². The van der Waals surface area contributed by atoms with Gasteiger partial charge in [-0.15, -0.1) is 0 Å². The lowest BCUT2D eigenvalue weighted by atomic mass is 10.4. The van der Waals surface area contributed by atoms with E-state index >= 15 is 0 Å². The van der Waals surface area contributed by atoms with Crippen LogP contribution in [-0.4, -0.2) is 43.0 Å². The van der Waals surface area contributed by atoms with E-state index in [1.165, 1.54) is 51.9 Å². The van der Waals surface area contributed by atoms with E-state index in [4.69, 9.17) is 0 Å². The Labute approximate surface area is 112 Å². The monoisotopic (exact) mass is 308 g/mol. The lowest BCUT2D eigenvalue weighted by Gasteiger charge is -2.34. The number of halogens is 1. The molecule has 0 bridgehead atoms. The Balaban J connectivity index is 4.31. The van der Waals surface area contributed by atoms with E-state index in [1.807, 2.05) is 0 Å². The van der Waals surface area contributed by atoms with Crippen molar-refractivity contribution in [3.05, 3.63) is 0 Å². The maximum atomic E-state index is 4.01. The van der Waals surface area contributed by atoms with Gasteiger partial charge in [-0.05, 0) is 51.9 Å². The average molecular weight is 309 g/mol. The first-order valence-electron chi connectivity index (χ1n) is 6.83. The number of rotatable bonds is 10. The summed E-state index contributed by atoms with van der Waals surface area (Å²) < 4.78 is 5.37. The van der Waals surface area contributed by atoms with Gasteiger partial charge in [0.05, 0.1) is 0 Å². The van der Waals surface area contributed by atoms with Crippen LogP contribution < -0.4 is 0 Å². The van der Waals surface area contributed by atoms with Crippen LogP contribution in [0.25, 0.3) is 0 Å². The van der Waals surface area contributed by atoms with Gasteiger partial charge in [0.2, 0.25) is 0 Å². The van der Waals surface area contributed by atoms with Crippen LogP contribution in [0.2, 0.25) is 0 Å². The molecule has 0 heterocycles. The van der Waals surface area contributed by atoms with E-state index < -0.39 is 7.74 Å². The van der Waals surface area contributed by atoms with Gasteiger partial charge in [-0.25, -0.2) is 0 Å². The highest BCUT2D eigenvalue weighted by Crippen LogP contribution is 2.11. The molecule has 2 nitrogen and oxygen atoms in total. The van der Waals surface area contributed by atoms with Crippen molar-refractivity contribution in [2.24, 2.45) is 0 Å². The molecule has 4 heteroatoms. The van der Waals surface area contributed by atoms with Gasteiger partial charge in [-0.2, -0.15) is 0 Å². The zero-order chi connectivity index (χ0) is 12.4. The Morgan fingerprint density at radius 1 is 0.688 bits per heavy atom. The first-order chi connectivity index (χ1) is 7.71. The third-order valence-corrected chi connectivity index (χ3v) is 8.36. The van der Waals surface area contributed by atoms with Crippen LogP contribution in [0.3, 0.4) is 0 Å². The van der Waals surface area contributed by atoms with Crippen molar-refractivity contribution in [1.82, 2.24) is 9.13 Å². The molecule has 0 radical (unpaired) electrons. The molecule has 0 N–H and O–H groups in total. The van der Waals surface area contributed by atoms with E-state index in [1.54, 1.807) is 0 Å². The molecule has 0 atom stereocenters. The third kappa shape index (κ3) is 6.38. The second-order valence-electron chi connectivity index (χ2n) is 4.38. The zero-order valence-electron chi connectivity index (χ0n) is 11.5. The lowest BCUT2D eigenvalue weighted by Crippen LogP contribution is -2.50. The maximum absolute atomic E-state index is 4.01. The molecular formula is C12H29BrN2Si. The van der Waals surface area contributed by atoms with Crippen molar-refractivity contribution >= 4 is 23.0 Å². The summed E-state index contributed by atoms with van der Waals surface area (Å²) in [4.78, 5) is 0. The molecule has 0 aliphatic heterocycles. The zero-order valence-corrected chi connectivity index (χ0v) is 14.2. The van der Waals surface area contributed by atoms with Crippen LogP contribution in [0.5, 0.6) is 0 Å². The summed E-state index contributed by atoms with van der Waals surface area (Å²) in [6.07, 6.45) is 5.06. The highest BCUT2D eigenvalue weighted by Gasteiger charge is 2.22. The molecule has 0 aliphatic rings. The molecule has 16 heavy (non-hydrogen) atoms. The maximum Gasteiger partial charge on any atom is 0.264 e. The molecule has 0 aliphatic carbocycles. The summed E-state index contributed by atoms with van der Waals surface area (Å²) in [5.74, 6) is 0. The van der Waals surface area contributed by atoms with Crippen molar-refractivity contribution in [2.45, 2.75) is 53.4 Å². The predicted octanol–water partition coefficient (Wildman–Crippen LogP) is 3.34. The second kappa shape index (κ2) is 10.8. The molecule has 0 rings (SSSR count). The first kappa shape index (κ1) is 16.6. The number of hydrogen-bond acceptors (Lipinski definition) is 2. The van der Waals surface area contributed by atoms with Crippen LogP contribution >= 0.6 is 15.3 Å². The summed E-state index contributed by atoms with van der Waals surface area (Å²) >= 11 is 4.01. The fourth-order valence-electron chi connectivity index (χ4n) is 2.03. The van der Waals surface area contributed by atoms with Crippen LogP contribution in [0, 0.1) is 0 Å². The predicted molar refractivity (Wildman–Crippen MR) is 80.4 cm³/mol. The Bertz CT molecular complexity index is 130. The summed E-state index contributed by atoms with van der Waals surface area (Å²) in [6, 6.07) is 0. The average Bonchev–Trinajstić information content (AvgIpc) is 2.27. The van der Waals surface area contributed by atoms with Gasteiger partial charge < -0.3 is 9.13 Å². The van der Waals surface area contributed by atoms with E-state index in [2.05, 4.69) is 52.1 Å². The summed E-state index contributed by atoms with van der Waals surface area (Å²) in [7, 11) is -1.02. The van der Waals surface area contributed by atoms with Gasteiger partial charge in [0.25, 0.3) is 7.74 Å².